The summed E-state index contributed by atoms with van der Waals surface area (Å²) in [5, 5.41) is 2.67. The molecule has 3 aromatic rings. The number of hydrogen-bond acceptors (Lipinski definition) is 5. The number of rotatable bonds is 4. The van der Waals surface area contributed by atoms with Gasteiger partial charge in [0.2, 0.25) is 0 Å². The van der Waals surface area contributed by atoms with Crippen LogP contribution >= 0.6 is 0 Å². The van der Waals surface area contributed by atoms with Crippen LogP contribution in [0.1, 0.15) is 15.9 Å². The van der Waals surface area contributed by atoms with Gasteiger partial charge in [-0.1, -0.05) is 12.1 Å². The molecule has 23 heavy (non-hydrogen) atoms. The van der Waals surface area contributed by atoms with E-state index < -0.39 is 11.9 Å². The SMILES string of the molecule is Cc1cccc(NC(=O)COC(=O)c2ccc3ncoc3c2)c1. The lowest BCUT2D eigenvalue weighted by molar-refractivity contribution is -0.119. The van der Waals surface area contributed by atoms with Crippen molar-refractivity contribution >= 4 is 28.7 Å². The number of nitrogens with zero attached hydrogens (tertiary/aromatic N) is 1. The third kappa shape index (κ3) is 3.55. The molecule has 0 aliphatic carbocycles. The van der Waals surface area contributed by atoms with Gasteiger partial charge in [-0.25, -0.2) is 9.78 Å². The summed E-state index contributed by atoms with van der Waals surface area (Å²) in [6.07, 6.45) is 1.30. The molecule has 1 N–H and O–H groups in total. The molecule has 0 radical (unpaired) electrons. The average molecular weight is 310 g/mol. The number of amides is 1. The first-order valence-electron chi connectivity index (χ1n) is 6.99. The molecule has 0 bridgehead atoms. The van der Waals surface area contributed by atoms with Gasteiger partial charge in [-0.05, 0) is 42.8 Å². The molecule has 0 fully saturated rings. The zero-order valence-electron chi connectivity index (χ0n) is 12.4. The molecule has 6 nitrogen and oxygen atoms in total. The van der Waals surface area contributed by atoms with Crippen LogP contribution in [0.4, 0.5) is 5.69 Å². The second-order valence-corrected chi connectivity index (χ2v) is 5.03. The topological polar surface area (TPSA) is 81.4 Å². The fraction of sp³-hybridized carbons (Fsp3) is 0.118. The number of hydrogen-bond donors (Lipinski definition) is 1. The predicted octanol–water partition coefficient (Wildman–Crippen LogP) is 2.93. The number of carbonyl (C=O) groups is 2. The molecule has 0 aliphatic rings. The van der Waals surface area contributed by atoms with Gasteiger partial charge in [0.1, 0.15) is 5.52 Å². The largest absolute Gasteiger partial charge is 0.452 e. The van der Waals surface area contributed by atoms with Gasteiger partial charge < -0.3 is 14.5 Å². The zero-order chi connectivity index (χ0) is 16.2. The molecule has 0 unspecified atom stereocenters. The maximum atomic E-state index is 12.0. The fourth-order valence-corrected chi connectivity index (χ4v) is 2.12. The Morgan fingerprint density at radius 2 is 2.09 bits per heavy atom. The summed E-state index contributed by atoms with van der Waals surface area (Å²) >= 11 is 0. The Hall–Kier alpha value is -3.15. The number of anilines is 1. The van der Waals surface area contributed by atoms with E-state index in [0.29, 0.717) is 22.4 Å². The van der Waals surface area contributed by atoms with Crippen molar-refractivity contribution in [2.45, 2.75) is 6.92 Å². The molecule has 0 saturated carbocycles. The minimum absolute atomic E-state index is 0.303. The van der Waals surface area contributed by atoms with Gasteiger partial charge in [0.25, 0.3) is 5.91 Å². The van der Waals surface area contributed by atoms with Crippen LogP contribution in [0.25, 0.3) is 11.1 Å². The summed E-state index contributed by atoms with van der Waals surface area (Å²) in [7, 11) is 0. The van der Waals surface area contributed by atoms with Gasteiger partial charge in [0.05, 0.1) is 5.56 Å². The molecule has 0 aliphatic heterocycles. The molecule has 0 atom stereocenters. The van der Waals surface area contributed by atoms with Gasteiger partial charge in [-0.3, -0.25) is 4.79 Å². The lowest BCUT2D eigenvalue weighted by Gasteiger charge is -2.07. The van der Waals surface area contributed by atoms with E-state index in [1.54, 1.807) is 18.2 Å². The highest BCUT2D eigenvalue weighted by Crippen LogP contribution is 2.15. The molecule has 1 aromatic heterocycles. The molecule has 1 heterocycles. The van der Waals surface area contributed by atoms with Crippen LogP contribution in [0.5, 0.6) is 0 Å². The number of aromatic nitrogens is 1. The van der Waals surface area contributed by atoms with Gasteiger partial charge in [0, 0.05) is 5.69 Å². The van der Waals surface area contributed by atoms with Crippen LogP contribution in [0.15, 0.2) is 53.3 Å². The van der Waals surface area contributed by atoms with E-state index in [2.05, 4.69) is 10.3 Å². The molecule has 2 aromatic carbocycles. The fourth-order valence-electron chi connectivity index (χ4n) is 2.12. The Labute approximate surface area is 132 Å². The highest BCUT2D eigenvalue weighted by molar-refractivity contribution is 5.96. The van der Waals surface area contributed by atoms with Crippen LogP contribution in [-0.4, -0.2) is 23.5 Å². The average Bonchev–Trinajstić information content (AvgIpc) is 3.00. The summed E-state index contributed by atoms with van der Waals surface area (Å²) in [6, 6.07) is 12.1. The van der Waals surface area contributed by atoms with E-state index in [1.807, 2.05) is 25.1 Å². The first kappa shape index (κ1) is 14.8. The molecule has 6 heteroatoms. The Bertz CT molecular complexity index is 870. The Balaban J connectivity index is 1.58. The van der Waals surface area contributed by atoms with E-state index in [0.717, 1.165) is 5.56 Å². The summed E-state index contributed by atoms with van der Waals surface area (Å²) in [4.78, 5) is 27.7. The number of aryl methyl sites for hydroxylation is 1. The first-order valence-corrected chi connectivity index (χ1v) is 6.99. The van der Waals surface area contributed by atoms with E-state index in [9.17, 15) is 9.59 Å². The molecular weight excluding hydrogens is 296 g/mol. The van der Waals surface area contributed by atoms with E-state index >= 15 is 0 Å². The predicted molar refractivity (Wildman–Crippen MR) is 84.1 cm³/mol. The Kier molecular flexibility index (Phi) is 4.05. The van der Waals surface area contributed by atoms with Gasteiger partial charge >= 0.3 is 5.97 Å². The van der Waals surface area contributed by atoms with Gasteiger partial charge in [-0.2, -0.15) is 0 Å². The molecule has 0 saturated heterocycles. The summed E-state index contributed by atoms with van der Waals surface area (Å²) in [5.41, 5.74) is 3.13. The normalized spacial score (nSPS) is 10.5. The Morgan fingerprint density at radius 1 is 1.22 bits per heavy atom. The van der Waals surface area contributed by atoms with Crippen molar-refractivity contribution in [3.63, 3.8) is 0 Å². The Morgan fingerprint density at radius 3 is 2.91 bits per heavy atom. The van der Waals surface area contributed by atoms with Crippen molar-refractivity contribution < 1.29 is 18.7 Å². The number of oxazole rings is 1. The summed E-state index contributed by atoms with van der Waals surface area (Å²) in [6.45, 7) is 1.57. The smallest absolute Gasteiger partial charge is 0.338 e. The summed E-state index contributed by atoms with van der Waals surface area (Å²) < 4.78 is 10.1. The highest BCUT2D eigenvalue weighted by atomic mass is 16.5. The lowest BCUT2D eigenvalue weighted by Crippen LogP contribution is -2.20. The van der Waals surface area contributed by atoms with Gasteiger partial charge in [0.15, 0.2) is 18.6 Å². The standard InChI is InChI=1S/C17H14N2O4/c1-11-3-2-4-13(7-11)19-16(20)9-22-17(21)12-5-6-14-15(8-12)23-10-18-14/h2-8,10H,9H2,1H3,(H,19,20). The molecule has 1 amide bonds. The monoisotopic (exact) mass is 310 g/mol. The van der Waals surface area contributed by atoms with Crippen LogP contribution < -0.4 is 5.32 Å². The van der Waals surface area contributed by atoms with Crippen LogP contribution in [0.3, 0.4) is 0 Å². The van der Waals surface area contributed by atoms with E-state index in [1.165, 1.54) is 12.5 Å². The quantitative estimate of drug-likeness (QED) is 0.749. The molecule has 116 valence electrons. The van der Waals surface area contributed by atoms with Crippen molar-refractivity contribution in [2.24, 2.45) is 0 Å². The van der Waals surface area contributed by atoms with Crippen LogP contribution in [-0.2, 0) is 9.53 Å². The maximum Gasteiger partial charge on any atom is 0.338 e. The molecular formula is C17H14N2O4. The second kappa shape index (κ2) is 6.31. The number of ether oxygens (including phenoxy) is 1. The van der Waals surface area contributed by atoms with Crippen LogP contribution in [0.2, 0.25) is 0 Å². The van der Waals surface area contributed by atoms with Crippen molar-refractivity contribution in [3.8, 4) is 0 Å². The van der Waals surface area contributed by atoms with Crippen molar-refractivity contribution in [1.82, 2.24) is 4.98 Å². The van der Waals surface area contributed by atoms with Gasteiger partial charge in [-0.15, -0.1) is 0 Å². The third-order valence-electron chi connectivity index (χ3n) is 3.20. The number of carbonyl (C=O) groups excluding carboxylic acids is 2. The minimum Gasteiger partial charge on any atom is -0.452 e. The molecule has 0 spiro atoms. The summed E-state index contributed by atoms with van der Waals surface area (Å²) in [5.74, 6) is -0.993. The number of benzene rings is 2. The van der Waals surface area contributed by atoms with Crippen molar-refractivity contribution in [2.75, 3.05) is 11.9 Å². The lowest BCUT2D eigenvalue weighted by atomic mass is 10.2. The number of fused-ring (bicyclic) bond motifs is 1. The number of esters is 1. The molecule has 3 rings (SSSR count). The minimum atomic E-state index is -0.595. The highest BCUT2D eigenvalue weighted by Gasteiger charge is 2.12. The van der Waals surface area contributed by atoms with Crippen molar-refractivity contribution in [1.29, 1.82) is 0 Å². The maximum absolute atomic E-state index is 12.0. The number of nitrogens with one attached hydrogen (secondary N) is 1. The van der Waals surface area contributed by atoms with E-state index in [4.69, 9.17) is 9.15 Å². The van der Waals surface area contributed by atoms with E-state index in [-0.39, 0.29) is 6.61 Å². The van der Waals surface area contributed by atoms with Crippen molar-refractivity contribution in [3.05, 3.63) is 60.0 Å². The third-order valence-corrected chi connectivity index (χ3v) is 3.20. The first-order chi connectivity index (χ1) is 11.1. The van der Waals surface area contributed by atoms with Crippen LogP contribution in [0, 0.1) is 6.92 Å². The zero-order valence-corrected chi connectivity index (χ0v) is 12.4. The second-order valence-electron chi connectivity index (χ2n) is 5.03.